The molecule has 4 nitrogen and oxygen atoms in total. The van der Waals surface area contributed by atoms with Crippen molar-refractivity contribution in [1.82, 2.24) is 9.13 Å². The van der Waals surface area contributed by atoms with Crippen molar-refractivity contribution in [2.24, 2.45) is 9.98 Å². The van der Waals surface area contributed by atoms with Gasteiger partial charge in [-0.2, -0.15) is 0 Å². The van der Waals surface area contributed by atoms with Gasteiger partial charge in [0.25, 0.3) is 0 Å². The highest BCUT2D eigenvalue weighted by Crippen LogP contribution is 2.39. The number of hydrogen-bond donors (Lipinski definition) is 0. The SMILES string of the molecule is C/C1=C(/c2ccccc2)N=C(n2c3ccccc3c3cc4c(cc32)c2ccccc2n4-c2ccccc2)N=C(c2ccccc2)CC1. The zero-order valence-corrected chi connectivity index (χ0v) is 26.1. The number of allylic oxidation sites excluding steroid dienone is 1. The van der Waals surface area contributed by atoms with Crippen LogP contribution in [0.3, 0.4) is 0 Å². The van der Waals surface area contributed by atoms with Crippen LogP contribution < -0.4 is 0 Å². The second-order valence-electron chi connectivity index (χ2n) is 12.3. The largest absolute Gasteiger partial charge is 0.309 e. The number of benzene rings is 6. The molecule has 0 fully saturated rings. The van der Waals surface area contributed by atoms with Crippen LogP contribution in [0.1, 0.15) is 30.9 Å². The summed E-state index contributed by atoms with van der Waals surface area (Å²) in [6, 6.07) is 53.8. The van der Waals surface area contributed by atoms with Gasteiger partial charge in [0, 0.05) is 32.8 Å². The summed E-state index contributed by atoms with van der Waals surface area (Å²) in [7, 11) is 0. The predicted octanol–water partition coefficient (Wildman–Crippen LogP) is 10.8. The zero-order chi connectivity index (χ0) is 31.3. The normalized spacial score (nSPS) is 15.6. The van der Waals surface area contributed by atoms with Gasteiger partial charge in [0.1, 0.15) is 0 Å². The first-order valence-corrected chi connectivity index (χ1v) is 16.2. The number of rotatable bonds is 3. The fourth-order valence-electron chi connectivity index (χ4n) is 7.17. The Morgan fingerprint density at radius 1 is 0.447 bits per heavy atom. The van der Waals surface area contributed by atoms with E-state index in [2.05, 4.69) is 168 Å². The lowest BCUT2D eigenvalue weighted by molar-refractivity contribution is 0.998. The maximum absolute atomic E-state index is 5.47. The first kappa shape index (κ1) is 27.3. The molecule has 0 atom stereocenters. The molecule has 2 aromatic heterocycles. The van der Waals surface area contributed by atoms with E-state index in [4.69, 9.17) is 9.98 Å². The molecule has 3 heterocycles. The number of para-hydroxylation sites is 3. The molecule has 4 heteroatoms. The Kier molecular flexibility index (Phi) is 6.46. The van der Waals surface area contributed by atoms with Crippen LogP contribution in [0.25, 0.3) is 55.0 Å². The summed E-state index contributed by atoms with van der Waals surface area (Å²) >= 11 is 0. The quantitative estimate of drug-likeness (QED) is 0.192. The molecule has 0 saturated heterocycles. The van der Waals surface area contributed by atoms with Crippen molar-refractivity contribution in [2.45, 2.75) is 19.8 Å². The minimum atomic E-state index is 0.680. The predicted molar refractivity (Wildman–Crippen MR) is 198 cm³/mol. The Morgan fingerprint density at radius 2 is 0.957 bits per heavy atom. The van der Waals surface area contributed by atoms with E-state index in [1.54, 1.807) is 0 Å². The summed E-state index contributed by atoms with van der Waals surface area (Å²) in [5.41, 5.74) is 11.2. The van der Waals surface area contributed by atoms with Gasteiger partial charge >= 0.3 is 0 Å². The molecule has 224 valence electrons. The third-order valence-electron chi connectivity index (χ3n) is 9.42. The van der Waals surface area contributed by atoms with Crippen molar-refractivity contribution in [1.29, 1.82) is 0 Å². The summed E-state index contributed by atoms with van der Waals surface area (Å²) < 4.78 is 4.66. The molecule has 6 aromatic carbocycles. The topological polar surface area (TPSA) is 34.6 Å². The first-order valence-electron chi connectivity index (χ1n) is 16.2. The minimum Gasteiger partial charge on any atom is -0.309 e. The average Bonchev–Trinajstić information content (AvgIpc) is 3.62. The Bertz CT molecular complexity index is 2550. The summed E-state index contributed by atoms with van der Waals surface area (Å²) in [5, 5.41) is 4.78. The van der Waals surface area contributed by atoms with Crippen molar-refractivity contribution >= 4 is 61.0 Å². The maximum atomic E-state index is 5.47. The third kappa shape index (κ3) is 4.52. The van der Waals surface area contributed by atoms with Gasteiger partial charge < -0.3 is 4.57 Å². The fourth-order valence-corrected chi connectivity index (χ4v) is 7.17. The highest BCUT2D eigenvalue weighted by Gasteiger charge is 2.22. The van der Waals surface area contributed by atoms with E-state index in [0.29, 0.717) is 5.96 Å². The van der Waals surface area contributed by atoms with Gasteiger partial charge in [0.2, 0.25) is 5.96 Å². The molecule has 0 radical (unpaired) electrons. The summed E-state index contributed by atoms with van der Waals surface area (Å²) in [5.74, 6) is 0.680. The molecule has 1 aliphatic heterocycles. The molecule has 8 aromatic rings. The Morgan fingerprint density at radius 3 is 1.60 bits per heavy atom. The molecule has 0 bridgehead atoms. The van der Waals surface area contributed by atoms with Gasteiger partial charge in [-0.3, -0.25) is 4.57 Å². The van der Waals surface area contributed by atoms with Crippen LogP contribution in [-0.4, -0.2) is 20.8 Å². The van der Waals surface area contributed by atoms with E-state index in [1.807, 2.05) is 0 Å². The average molecular weight is 605 g/mol. The van der Waals surface area contributed by atoms with Gasteiger partial charge in [-0.15, -0.1) is 0 Å². The molecule has 9 rings (SSSR count). The molecule has 0 spiro atoms. The summed E-state index contributed by atoms with van der Waals surface area (Å²) in [4.78, 5) is 10.9. The smallest absolute Gasteiger partial charge is 0.235 e. The van der Waals surface area contributed by atoms with Gasteiger partial charge in [-0.1, -0.05) is 115 Å². The van der Waals surface area contributed by atoms with Crippen LogP contribution in [-0.2, 0) is 0 Å². The van der Waals surface area contributed by atoms with Crippen molar-refractivity contribution in [3.8, 4) is 5.69 Å². The second kappa shape index (κ2) is 11.1. The molecule has 0 N–H and O–H groups in total. The van der Waals surface area contributed by atoms with E-state index >= 15 is 0 Å². The third-order valence-corrected chi connectivity index (χ3v) is 9.42. The van der Waals surface area contributed by atoms with Crippen LogP contribution in [0.4, 0.5) is 0 Å². The molecule has 47 heavy (non-hydrogen) atoms. The Hall–Kier alpha value is -6.00. The number of fused-ring (bicyclic) bond motifs is 6. The lowest BCUT2D eigenvalue weighted by Crippen LogP contribution is -2.16. The van der Waals surface area contributed by atoms with Crippen LogP contribution in [0.15, 0.2) is 167 Å². The van der Waals surface area contributed by atoms with Crippen LogP contribution in [0.5, 0.6) is 0 Å². The molecule has 0 saturated carbocycles. The van der Waals surface area contributed by atoms with E-state index < -0.39 is 0 Å². The lowest BCUT2D eigenvalue weighted by Gasteiger charge is -2.17. The molecule has 0 amide bonds. The van der Waals surface area contributed by atoms with Crippen molar-refractivity contribution in [3.63, 3.8) is 0 Å². The number of aliphatic imine (C=N–C) groups is 2. The van der Waals surface area contributed by atoms with Crippen LogP contribution in [0.2, 0.25) is 0 Å². The van der Waals surface area contributed by atoms with E-state index in [9.17, 15) is 0 Å². The van der Waals surface area contributed by atoms with Gasteiger partial charge in [0.15, 0.2) is 0 Å². The monoisotopic (exact) mass is 604 g/mol. The van der Waals surface area contributed by atoms with E-state index in [0.717, 1.165) is 52.1 Å². The van der Waals surface area contributed by atoms with Crippen LogP contribution >= 0.6 is 0 Å². The van der Waals surface area contributed by atoms with Crippen molar-refractivity contribution < 1.29 is 0 Å². The van der Waals surface area contributed by atoms with Gasteiger partial charge in [0.05, 0.1) is 33.5 Å². The second-order valence-corrected chi connectivity index (χ2v) is 12.3. The minimum absolute atomic E-state index is 0.680. The summed E-state index contributed by atoms with van der Waals surface area (Å²) in [6.45, 7) is 2.21. The van der Waals surface area contributed by atoms with Crippen molar-refractivity contribution in [3.05, 3.63) is 168 Å². The first-order chi connectivity index (χ1) is 23.2. The molecular weight excluding hydrogens is 573 g/mol. The summed E-state index contributed by atoms with van der Waals surface area (Å²) in [6.07, 6.45) is 1.72. The molecule has 0 aliphatic carbocycles. The van der Waals surface area contributed by atoms with Gasteiger partial charge in [-0.25, -0.2) is 9.98 Å². The van der Waals surface area contributed by atoms with E-state index in [1.165, 1.54) is 38.2 Å². The van der Waals surface area contributed by atoms with E-state index in [-0.39, 0.29) is 0 Å². The maximum Gasteiger partial charge on any atom is 0.235 e. The number of nitrogens with zero attached hydrogens (tertiary/aromatic N) is 4. The standard InChI is InChI=1S/C43H32N4/c1-29-25-26-37(30-15-5-2-6-16-30)44-43(45-42(29)31-17-7-3-8-18-31)47-39-24-14-12-22-34(39)36-27-40-35(28-41(36)47)33-21-11-13-23-38(33)46(40)32-19-9-4-10-20-32/h2-24,27-28H,25-26H2,1H3/b42-29+,44-37?,45-43?. The Balaban J connectivity index is 1.40. The number of hydrogen-bond acceptors (Lipinski definition) is 2. The molecule has 0 unspecified atom stereocenters. The highest BCUT2D eigenvalue weighted by molar-refractivity contribution is 6.22. The van der Waals surface area contributed by atoms with Crippen molar-refractivity contribution in [2.75, 3.05) is 0 Å². The fraction of sp³-hybridized carbons (Fsp3) is 0.0698. The molecular formula is C43H32N4. The van der Waals surface area contributed by atoms with Crippen LogP contribution in [0, 0.1) is 0 Å². The Labute approximate surface area is 273 Å². The number of aromatic nitrogens is 2. The highest BCUT2D eigenvalue weighted by atomic mass is 15.2. The zero-order valence-electron chi connectivity index (χ0n) is 26.1. The molecule has 1 aliphatic rings. The lowest BCUT2D eigenvalue weighted by atomic mass is 9.99. The van der Waals surface area contributed by atoms with Gasteiger partial charge in [-0.05, 0) is 67.3 Å².